The van der Waals surface area contributed by atoms with Gasteiger partial charge < -0.3 is 20.5 Å². The van der Waals surface area contributed by atoms with Crippen molar-refractivity contribution in [2.24, 2.45) is 0 Å². The molecule has 2 amide bonds. The summed E-state index contributed by atoms with van der Waals surface area (Å²) >= 11 is 0. The van der Waals surface area contributed by atoms with Gasteiger partial charge in [0.2, 0.25) is 0 Å². The van der Waals surface area contributed by atoms with Gasteiger partial charge in [0, 0.05) is 0 Å². The number of hydrogen-bond donors (Lipinski definition) is 3. The van der Waals surface area contributed by atoms with Gasteiger partial charge in [-0.3, -0.25) is 0 Å². The standard InChI is InChI=1S/C18H28N2O3/c1-12(2)23-15-8-6-7-14(11-15)13(3)19-18(22)20-16-9-4-5-10-17(16)21/h6-8,11-13,16-17,21H,4-5,9-10H2,1-3H3,(H2,19,20,22). The lowest BCUT2D eigenvalue weighted by atomic mass is 9.93. The van der Waals surface area contributed by atoms with Gasteiger partial charge in [-0.15, -0.1) is 0 Å². The van der Waals surface area contributed by atoms with E-state index in [1.165, 1.54) is 0 Å². The fourth-order valence-electron chi connectivity index (χ4n) is 2.90. The Bertz CT molecular complexity index is 519. The Labute approximate surface area is 138 Å². The third-order valence-electron chi connectivity index (χ3n) is 4.12. The zero-order chi connectivity index (χ0) is 16.8. The first-order valence-corrected chi connectivity index (χ1v) is 8.47. The summed E-state index contributed by atoms with van der Waals surface area (Å²) < 4.78 is 5.68. The molecule has 5 heteroatoms. The predicted octanol–water partition coefficient (Wildman–Crippen LogP) is 3.14. The molecule has 0 aromatic heterocycles. The largest absolute Gasteiger partial charge is 0.491 e. The molecule has 5 nitrogen and oxygen atoms in total. The quantitative estimate of drug-likeness (QED) is 0.780. The molecule has 1 aromatic rings. The molecule has 1 aliphatic carbocycles. The summed E-state index contributed by atoms with van der Waals surface area (Å²) in [6.07, 6.45) is 3.35. The van der Waals surface area contributed by atoms with Gasteiger partial charge in [-0.25, -0.2) is 4.79 Å². The minimum Gasteiger partial charge on any atom is -0.491 e. The first-order chi connectivity index (χ1) is 11.0. The van der Waals surface area contributed by atoms with Crippen LogP contribution in [0.2, 0.25) is 0 Å². The maximum absolute atomic E-state index is 12.1. The number of aliphatic hydroxyl groups is 1. The Morgan fingerprint density at radius 3 is 2.70 bits per heavy atom. The number of carbonyl (C=O) groups excluding carboxylic acids is 1. The summed E-state index contributed by atoms with van der Waals surface area (Å²) in [5, 5.41) is 15.7. The SMILES string of the molecule is CC(C)Oc1cccc(C(C)NC(=O)NC2CCCCC2O)c1. The summed E-state index contributed by atoms with van der Waals surface area (Å²) in [4.78, 5) is 12.1. The topological polar surface area (TPSA) is 70.6 Å². The molecule has 0 bridgehead atoms. The molecular weight excluding hydrogens is 292 g/mol. The van der Waals surface area contributed by atoms with Crippen LogP contribution >= 0.6 is 0 Å². The summed E-state index contributed by atoms with van der Waals surface area (Å²) in [5.41, 5.74) is 0.988. The van der Waals surface area contributed by atoms with Crippen LogP contribution in [0.5, 0.6) is 5.75 Å². The molecule has 0 saturated heterocycles. The van der Waals surface area contributed by atoms with Crippen molar-refractivity contribution in [1.29, 1.82) is 0 Å². The molecule has 2 rings (SSSR count). The number of carbonyl (C=O) groups is 1. The van der Waals surface area contributed by atoms with Crippen LogP contribution in [-0.4, -0.2) is 29.4 Å². The number of rotatable bonds is 5. The highest BCUT2D eigenvalue weighted by Crippen LogP contribution is 2.21. The molecule has 0 heterocycles. The molecule has 3 unspecified atom stereocenters. The molecule has 3 N–H and O–H groups in total. The minimum atomic E-state index is -0.437. The highest BCUT2D eigenvalue weighted by atomic mass is 16.5. The lowest BCUT2D eigenvalue weighted by molar-refractivity contribution is 0.0941. The maximum Gasteiger partial charge on any atom is 0.315 e. The molecule has 1 saturated carbocycles. The van der Waals surface area contributed by atoms with Gasteiger partial charge >= 0.3 is 6.03 Å². The van der Waals surface area contributed by atoms with Gasteiger partial charge in [-0.1, -0.05) is 25.0 Å². The van der Waals surface area contributed by atoms with Gasteiger partial charge in [-0.2, -0.15) is 0 Å². The fourth-order valence-corrected chi connectivity index (χ4v) is 2.90. The number of ether oxygens (including phenoxy) is 1. The van der Waals surface area contributed by atoms with Crippen molar-refractivity contribution in [2.45, 2.75) is 70.7 Å². The molecule has 0 radical (unpaired) electrons. The van der Waals surface area contributed by atoms with Gasteiger partial charge in [0.15, 0.2) is 0 Å². The Balaban J connectivity index is 1.90. The van der Waals surface area contributed by atoms with Crippen LogP contribution in [0.15, 0.2) is 24.3 Å². The van der Waals surface area contributed by atoms with Gasteiger partial charge in [0.1, 0.15) is 5.75 Å². The van der Waals surface area contributed by atoms with E-state index in [0.29, 0.717) is 0 Å². The van der Waals surface area contributed by atoms with Crippen molar-refractivity contribution < 1.29 is 14.6 Å². The predicted molar refractivity (Wildman–Crippen MR) is 90.6 cm³/mol. The van der Waals surface area contributed by atoms with Crippen molar-refractivity contribution in [3.63, 3.8) is 0 Å². The molecular formula is C18H28N2O3. The van der Waals surface area contributed by atoms with Crippen LogP contribution in [0.25, 0.3) is 0 Å². The number of aliphatic hydroxyl groups excluding tert-OH is 1. The second-order valence-corrected chi connectivity index (χ2v) is 6.54. The van der Waals surface area contributed by atoms with Gasteiger partial charge in [0.05, 0.1) is 24.3 Å². The number of hydrogen-bond acceptors (Lipinski definition) is 3. The second kappa shape index (κ2) is 8.20. The molecule has 1 fully saturated rings. The summed E-state index contributed by atoms with van der Waals surface area (Å²) in [6.45, 7) is 5.90. The monoisotopic (exact) mass is 320 g/mol. The number of benzene rings is 1. The Kier molecular flexibility index (Phi) is 6.28. The lowest BCUT2D eigenvalue weighted by Gasteiger charge is -2.29. The van der Waals surface area contributed by atoms with E-state index >= 15 is 0 Å². The third kappa shape index (κ3) is 5.43. The van der Waals surface area contributed by atoms with Crippen LogP contribution in [-0.2, 0) is 0 Å². The fraction of sp³-hybridized carbons (Fsp3) is 0.611. The summed E-state index contributed by atoms with van der Waals surface area (Å²) in [5.74, 6) is 0.800. The number of amides is 2. The van der Waals surface area contributed by atoms with Crippen LogP contribution in [0, 0.1) is 0 Å². The van der Waals surface area contributed by atoms with Crippen molar-refractivity contribution >= 4 is 6.03 Å². The van der Waals surface area contributed by atoms with E-state index in [4.69, 9.17) is 4.74 Å². The van der Waals surface area contributed by atoms with Crippen LogP contribution in [0.3, 0.4) is 0 Å². The van der Waals surface area contributed by atoms with Gasteiger partial charge in [0.25, 0.3) is 0 Å². The zero-order valence-electron chi connectivity index (χ0n) is 14.2. The summed E-state index contributed by atoms with van der Waals surface area (Å²) in [7, 11) is 0. The average molecular weight is 320 g/mol. The number of urea groups is 1. The molecule has 0 spiro atoms. The number of nitrogens with one attached hydrogen (secondary N) is 2. The highest BCUT2D eigenvalue weighted by Gasteiger charge is 2.24. The van der Waals surface area contributed by atoms with Crippen molar-refractivity contribution in [1.82, 2.24) is 10.6 Å². The average Bonchev–Trinajstić information content (AvgIpc) is 2.49. The van der Waals surface area contributed by atoms with E-state index in [0.717, 1.165) is 37.0 Å². The Hall–Kier alpha value is -1.75. The van der Waals surface area contributed by atoms with Crippen LogP contribution in [0.1, 0.15) is 58.1 Å². The molecule has 3 atom stereocenters. The molecule has 23 heavy (non-hydrogen) atoms. The molecule has 128 valence electrons. The molecule has 1 aliphatic rings. The van der Waals surface area contributed by atoms with E-state index < -0.39 is 6.10 Å². The third-order valence-corrected chi connectivity index (χ3v) is 4.12. The highest BCUT2D eigenvalue weighted by molar-refractivity contribution is 5.74. The zero-order valence-corrected chi connectivity index (χ0v) is 14.2. The molecule has 1 aromatic carbocycles. The van der Waals surface area contributed by atoms with E-state index in [1.807, 2.05) is 45.0 Å². The van der Waals surface area contributed by atoms with Crippen molar-refractivity contribution in [3.05, 3.63) is 29.8 Å². The van der Waals surface area contributed by atoms with Crippen molar-refractivity contribution in [3.8, 4) is 5.75 Å². The minimum absolute atomic E-state index is 0.115. The Morgan fingerprint density at radius 2 is 2.00 bits per heavy atom. The normalized spacial score (nSPS) is 22.5. The van der Waals surface area contributed by atoms with E-state index in [-0.39, 0.29) is 24.2 Å². The first-order valence-electron chi connectivity index (χ1n) is 8.47. The first kappa shape index (κ1) is 17.6. The maximum atomic E-state index is 12.1. The second-order valence-electron chi connectivity index (χ2n) is 6.54. The Morgan fingerprint density at radius 1 is 1.26 bits per heavy atom. The smallest absolute Gasteiger partial charge is 0.315 e. The molecule has 0 aliphatic heterocycles. The van der Waals surface area contributed by atoms with E-state index in [9.17, 15) is 9.90 Å². The van der Waals surface area contributed by atoms with E-state index in [1.54, 1.807) is 0 Å². The van der Waals surface area contributed by atoms with Crippen LogP contribution < -0.4 is 15.4 Å². The van der Waals surface area contributed by atoms with E-state index in [2.05, 4.69) is 10.6 Å². The van der Waals surface area contributed by atoms with Gasteiger partial charge in [-0.05, 0) is 51.3 Å². The summed E-state index contributed by atoms with van der Waals surface area (Å²) in [6, 6.07) is 7.23. The van der Waals surface area contributed by atoms with Crippen LogP contribution in [0.4, 0.5) is 4.79 Å². The lowest BCUT2D eigenvalue weighted by Crippen LogP contribution is -2.49. The van der Waals surface area contributed by atoms with Crippen molar-refractivity contribution in [2.75, 3.05) is 0 Å².